The fourth-order valence-corrected chi connectivity index (χ4v) is 4.70. The summed E-state index contributed by atoms with van der Waals surface area (Å²) < 4.78 is 18.9. The third kappa shape index (κ3) is 8.72. The normalized spacial score (nSPS) is 26.3. The van der Waals surface area contributed by atoms with Crippen molar-refractivity contribution in [3.8, 4) is 5.88 Å². The molecule has 4 atom stereocenters. The van der Waals surface area contributed by atoms with E-state index in [9.17, 15) is 10.2 Å². The Morgan fingerprint density at radius 2 is 1.94 bits per heavy atom. The molecule has 0 aromatic carbocycles. The molecule has 2 aliphatic heterocycles. The summed E-state index contributed by atoms with van der Waals surface area (Å²) >= 11 is 0. The van der Waals surface area contributed by atoms with Crippen LogP contribution in [0.1, 0.15) is 103 Å². The Balaban J connectivity index is 0.000000277. The van der Waals surface area contributed by atoms with Gasteiger partial charge in [-0.15, -0.1) is 5.10 Å². The van der Waals surface area contributed by atoms with E-state index in [-0.39, 0.29) is 18.8 Å². The van der Waals surface area contributed by atoms with Gasteiger partial charge in [0, 0.05) is 30.7 Å². The lowest BCUT2D eigenvalue weighted by molar-refractivity contribution is -0.186. The van der Waals surface area contributed by atoms with Crippen LogP contribution in [0.3, 0.4) is 0 Å². The minimum Gasteiger partial charge on any atom is -0.446 e. The fraction of sp³-hybridized carbons (Fsp3) is 0.759. The molecule has 3 heterocycles. The molecule has 206 valence electrons. The van der Waals surface area contributed by atoms with E-state index in [1.807, 2.05) is 32.4 Å². The van der Waals surface area contributed by atoms with Gasteiger partial charge in [0.1, 0.15) is 0 Å². The lowest BCUT2D eigenvalue weighted by Crippen LogP contribution is -2.40. The maximum Gasteiger partial charge on any atom is 0.238 e. The molecule has 0 bridgehead atoms. The van der Waals surface area contributed by atoms with Crippen LogP contribution in [0.2, 0.25) is 0 Å². The molecule has 2 saturated heterocycles. The summed E-state index contributed by atoms with van der Waals surface area (Å²) in [7, 11) is 0. The van der Waals surface area contributed by atoms with Crippen molar-refractivity contribution in [2.45, 2.75) is 124 Å². The summed E-state index contributed by atoms with van der Waals surface area (Å²) in [6.45, 7) is 16.0. The second-order valence-corrected chi connectivity index (χ2v) is 9.94. The van der Waals surface area contributed by atoms with E-state index in [0.717, 1.165) is 24.3 Å². The van der Waals surface area contributed by atoms with E-state index in [2.05, 4.69) is 31.9 Å². The average molecular weight is 507 g/mol. The number of nitrogens with zero attached hydrogens (tertiary/aromatic N) is 2. The van der Waals surface area contributed by atoms with Crippen LogP contribution in [-0.2, 0) is 9.47 Å². The zero-order chi connectivity index (χ0) is 26.7. The molecule has 0 amide bonds. The van der Waals surface area contributed by atoms with E-state index in [1.165, 1.54) is 37.7 Å². The van der Waals surface area contributed by atoms with Gasteiger partial charge in [-0.1, -0.05) is 43.6 Å². The summed E-state index contributed by atoms with van der Waals surface area (Å²) in [5.41, 5.74) is 6.90. The largest absolute Gasteiger partial charge is 0.446 e. The van der Waals surface area contributed by atoms with Crippen molar-refractivity contribution in [3.05, 3.63) is 34.1 Å². The lowest BCUT2D eigenvalue weighted by Gasteiger charge is -2.31. The summed E-state index contributed by atoms with van der Waals surface area (Å²) in [4.78, 5) is 0. The molecule has 7 heteroatoms. The van der Waals surface area contributed by atoms with Gasteiger partial charge >= 0.3 is 0 Å². The number of aromatic nitrogens is 2. The Bertz CT molecular complexity index is 854. The van der Waals surface area contributed by atoms with Gasteiger partial charge in [0.25, 0.3) is 0 Å². The molecule has 7 nitrogen and oxygen atoms in total. The molecular formula is C29H50N2O5. The van der Waals surface area contributed by atoms with Crippen molar-refractivity contribution in [1.29, 1.82) is 0 Å². The fourth-order valence-electron chi connectivity index (χ4n) is 4.70. The van der Waals surface area contributed by atoms with Crippen molar-refractivity contribution < 1.29 is 24.4 Å². The van der Waals surface area contributed by atoms with Gasteiger partial charge in [0.15, 0.2) is 0 Å². The van der Waals surface area contributed by atoms with E-state index < -0.39 is 12.4 Å². The van der Waals surface area contributed by atoms with Crippen LogP contribution in [0.15, 0.2) is 22.8 Å². The number of aliphatic hydroxyl groups excluding tert-OH is 2. The number of allylic oxidation sites excluding steroid dienone is 4. The smallest absolute Gasteiger partial charge is 0.238 e. The Kier molecular flexibility index (Phi) is 13.2. The molecule has 2 fully saturated rings. The summed E-state index contributed by atoms with van der Waals surface area (Å²) in [6.07, 6.45) is 9.16. The highest BCUT2D eigenvalue weighted by molar-refractivity contribution is 5.29. The molecule has 0 radical (unpaired) electrons. The standard InChI is InChI=1S/C15H24N2O5.C12H20.C2H6/c1-9-10(2)17(11-3-4-20-8-11)16-15(9)22-14-6-12(19)5-13(7-18)21-14;1-4-10(2)8-9-12-7-5-6-11(12)3;1-2/h11-14,18-19H,3-8H2,1-2H3;8H,4-7,9H2,1-3H3;1-2H3/b;10-8-;. The van der Waals surface area contributed by atoms with Gasteiger partial charge in [-0.3, -0.25) is 4.68 Å². The average Bonchev–Trinajstić information content (AvgIpc) is 3.62. The quantitative estimate of drug-likeness (QED) is 0.444. The van der Waals surface area contributed by atoms with E-state index >= 15 is 0 Å². The third-order valence-corrected chi connectivity index (χ3v) is 7.34. The molecule has 0 saturated carbocycles. The van der Waals surface area contributed by atoms with Gasteiger partial charge in [-0.25, -0.2) is 0 Å². The molecule has 1 aliphatic carbocycles. The maximum atomic E-state index is 9.85. The van der Waals surface area contributed by atoms with Crippen molar-refractivity contribution in [1.82, 2.24) is 9.78 Å². The maximum absolute atomic E-state index is 9.85. The molecule has 0 spiro atoms. The van der Waals surface area contributed by atoms with Gasteiger partial charge in [0.05, 0.1) is 31.5 Å². The first-order valence-corrected chi connectivity index (χ1v) is 13.9. The summed E-state index contributed by atoms with van der Waals surface area (Å²) in [6, 6.07) is 0.249. The molecule has 1 aromatic rings. The van der Waals surface area contributed by atoms with E-state index in [1.54, 1.807) is 11.1 Å². The van der Waals surface area contributed by atoms with Crippen molar-refractivity contribution in [2.75, 3.05) is 19.8 Å². The lowest BCUT2D eigenvalue weighted by atomic mass is 10.1. The number of rotatable bonds is 7. The minimum atomic E-state index is -0.581. The molecule has 3 aliphatic rings. The second kappa shape index (κ2) is 15.6. The molecular weight excluding hydrogens is 456 g/mol. The zero-order valence-electron chi connectivity index (χ0n) is 23.7. The molecule has 4 unspecified atom stereocenters. The second-order valence-electron chi connectivity index (χ2n) is 9.94. The van der Waals surface area contributed by atoms with Crippen molar-refractivity contribution in [2.24, 2.45) is 0 Å². The molecule has 2 N–H and O–H groups in total. The number of hydrogen-bond donors (Lipinski definition) is 2. The monoisotopic (exact) mass is 506 g/mol. The van der Waals surface area contributed by atoms with Crippen LogP contribution in [-0.4, -0.2) is 58.3 Å². The van der Waals surface area contributed by atoms with E-state index in [0.29, 0.717) is 25.3 Å². The number of aliphatic hydroxyl groups is 2. The predicted molar refractivity (Wildman–Crippen MR) is 144 cm³/mol. The Labute approximate surface area is 218 Å². The predicted octanol–water partition coefficient (Wildman–Crippen LogP) is 5.96. The first-order valence-electron chi connectivity index (χ1n) is 13.9. The van der Waals surface area contributed by atoms with Crippen LogP contribution in [0, 0.1) is 13.8 Å². The summed E-state index contributed by atoms with van der Waals surface area (Å²) in [5, 5.41) is 23.6. The highest BCUT2D eigenvalue weighted by atomic mass is 16.7. The third-order valence-electron chi connectivity index (χ3n) is 7.34. The zero-order valence-corrected chi connectivity index (χ0v) is 23.7. The van der Waals surface area contributed by atoms with Gasteiger partial charge < -0.3 is 24.4 Å². The Hall–Kier alpha value is -1.67. The van der Waals surface area contributed by atoms with Crippen LogP contribution in [0.5, 0.6) is 5.88 Å². The van der Waals surface area contributed by atoms with Crippen molar-refractivity contribution >= 4 is 0 Å². The Morgan fingerprint density at radius 3 is 2.53 bits per heavy atom. The molecule has 1 aromatic heterocycles. The summed E-state index contributed by atoms with van der Waals surface area (Å²) in [5.74, 6) is 0.528. The highest BCUT2D eigenvalue weighted by Gasteiger charge is 2.31. The molecule has 36 heavy (non-hydrogen) atoms. The van der Waals surface area contributed by atoms with E-state index in [4.69, 9.17) is 14.2 Å². The minimum absolute atomic E-state index is 0.122. The number of hydrogen-bond acceptors (Lipinski definition) is 6. The van der Waals surface area contributed by atoms with Crippen LogP contribution < -0.4 is 4.74 Å². The van der Waals surface area contributed by atoms with Gasteiger partial charge in [-0.05, 0) is 66.2 Å². The molecule has 4 rings (SSSR count). The first kappa shape index (κ1) is 30.6. The topological polar surface area (TPSA) is 86.0 Å². The van der Waals surface area contributed by atoms with Gasteiger partial charge in [0.2, 0.25) is 12.2 Å². The first-order chi connectivity index (χ1) is 17.3. The van der Waals surface area contributed by atoms with Crippen LogP contribution in [0.4, 0.5) is 0 Å². The van der Waals surface area contributed by atoms with Crippen LogP contribution in [0.25, 0.3) is 0 Å². The SMILES string of the molecule is CC.CC/C(C)=C\CC1=C(C)CCC1.Cc1c(OC2CC(O)CC(CO)O2)nn(C2CCOC2)c1C. The highest BCUT2D eigenvalue weighted by Crippen LogP contribution is 2.30. The van der Waals surface area contributed by atoms with Gasteiger partial charge in [-0.2, -0.15) is 0 Å². The van der Waals surface area contributed by atoms with Crippen LogP contribution >= 0.6 is 0 Å². The number of ether oxygens (including phenoxy) is 3. The van der Waals surface area contributed by atoms with Crippen molar-refractivity contribution in [3.63, 3.8) is 0 Å². The Morgan fingerprint density at radius 1 is 1.19 bits per heavy atom.